The summed E-state index contributed by atoms with van der Waals surface area (Å²) in [6.45, 7) is 2.70. The number of benzene rings is 1. The van der Waals surface area contributed by atoms with E-state index in [0.29, 0.717) is 12.4 Å². The molecule has 1 N–H and O–H groups in total. The number of halogens is 1. The fourth-order valence-corrected chi connectivity index (χ4v) is 2.36. The Morgan fingerprint density at radius 2 is 2.14 bits per heavy atom. The first-order valence-corrected chi connectivity index (χ1v) is 7.24. The predicted octanol–water partition coefficient (Wildman–Crippen LogP) is 3.81. The molecule has 0 atom stereocenters. The topological polar surface area (TPSA) is 63.8 Å². The first-order chi connectivity index (χ1) is 10.2. The second-order valence-corrected chi connectivity index (χ2v) is 5.39. The second-order valence-electron chi connectivity index (χ2n) is 4.58. The molecule has 0 aliphatic carbocycles. The molecule has 0 unspecified atom stereocenters. The van der Waals surface area contributed by atoms with Crippen LogP contribution in [0.2, 0.25) is 0 Å². The van der Waals surface area contributed by atoms with Gasteiger partial charge in [-0.3, -0.25) is 0 Å². The summed E-state index contributed by atoms with van der Waals surface area (Å²) in [5.74, 6) is 0.513. The van der Waals surface area contributed by atoms with Gasteiger partial charge in [0.05, 0.1) is 12.2 Å². The van der Waals surface area contributed by atoms with Gasteiger partial charge >= 0.3 is 0 Å². The van der Waals surface area contributed by atoms with Crippen molar-refractivity contribution in [3.63, 3.8) is 0 Å². The Kier molecular flexibility index (Phi) is 3.96. The molecule has 0 fully saturated rings. The van der Waals surface area contributed by atoms with Gasteiger partial charge in [0.1, 0.15) is 4.60 Å². The normalized spacial score (nSPS) is 10.6. The van der Waals surface area contributed by atoms with E-state index in [9.17, 15) is 0 Å². The monoisotopic (exact) mass is 344 g/mol. The van der Waals surface area contributed by atoms with Crippen molar-refractivity contribution in [1.29, 1.82) is 0 Å². The van der Waals surface area contributed by atoms with Gasteiger partial charge in [0.15, 0.2) is 0 Å². The molecule has 0 bridgehead atoms. The van der Waals surface area contributed by atoms with Crippen LogP contribution < -0.4 is 5.32 Å². The molecule has 5 nitrogen and oxygen atoms in total. The van der Waals surface area contributed by atoms with E-state index in [4.69, 9.17) is 4.42 Å². The summed E-state index contributed by atoms with van der Waals surface area (Å²) in [6, 6.07) is 11.8. The molecule has 106 valence electrons. The van der Waals surface area contributed by atoms with Crippen molar-refractivity contribution in [2.75, 3.05) is 5.32 Å². The van der Waals surface area contributed by atoms with Crippen LogP contribution in [0.1, 0.15) is 11.3 Å². The molecule has 0 amide bonds. The molecule has 0 saturated carbocycles. The number of anilines is 1. The Balaban J connectivity index is 1.80. The van der Waals surface area contributed by atoms with Gasteiger partial charge in [0.2, 0.25) is 12.3 Å². The van der Waals surface area contributed by atoms with Gasteiger partial charge in [0.25, 0.3) is 0 Å². The lowest BCUT2D eigenvalue weighted by Crippen LogP contribution is -2.03. The van der Waals surface area contributed by atoms with E-state index in [1.807, 2.05) is 43.3 Å². The minimum Gasteiger partial charge on any atom is -0.423 e. The van der Waals surface area contributed by atoms with Crippen molar-refractivity contribution in [3.05, 3.63) is 58.7 Å². The third-order valence-corrected chi connectivity index (χ3v) is 3.52. The highest BCUT2D eigenvalue weighted by atomic mass is 79.9. The number of rotatable bonds is 4. The first-order valence-electron chi connectivity index (χ1n) is 6.45. The number of hydrogen-bond acceptors (Lipinski definition) is 5. The lowest BCUT2D eigenvalue weighted by atomic mass is 10.1. The SMILES string of the molecule is Cc1ccc(-c2nnco2)cc1NCc1cccc(Br)n1. The van der Waals surface area contributed by atoms with E-state index in [1.54, 1.807) is 0 Å². The number of aromatic nitrogens is 3. The van der Waals surface area contributed by atoms with Gasteiger partial charge in [-0.1, -0.05) is 12.1 Å². The smallest absolute Gasteiger partial charge is 0.247 e. The van der Waals surface area contributed by atoms with Gasteiger partial charge in [0, 0.05) is 11.3 Å². The lowest BCUT2D eigenvalue weighted by molar-refractivity contribution is 0.568. The predicted molar refractivity (Wildman–Crippen MR) is 83.7 cm³/mol. The molecule has 0 aliphatic heterocycles. The highest BCUT2D eigenvalue weighted by Gasteiger charge is 2.07. The van der Waals surface area contributed by atoms with Crippen LogP contribution in [0.25, 0.3) is 11.5 Å². The zero-order valence-electron chi connectivity index (χ0n) is 11.4. The maximum atomic E-state index is 5.22. The van der Waals surface area contributed by atoms with Crippen LogP contribution in [0.5, 0.6) is 0 Å². The van der Waals surface area contributed by atoms with Crippen LogP contribution in [0.15, 0.2) is 51.8 Å². The van der Waals surface area contributed by atoms with Crippen molar-refractivity contribution in [2.45, 2.75) is 13.5 Å². The van der Waals surface area contributed by atoms with Gasteiger partial charge in [-0.05, 0) is 52.7 Å². The highest BCUT2D eigenvalue weighted by molar-refractivity contribution is 9.10. The van der Waals surface area contributed by atoms with Gasteiger partial charge < -0.3 is 9.73 Å². The van der Waals surface area contributed by atoms with E-state index in [-0.39, 0.29) is 0 Å². The van der Waals surface area contributed by atoms with Crippen molar-refractivity contribution in [1.82, 2.24) is 15.2 Å². The average molecular weight is 345 g/mol. The molecule has 0 spiro atoms. The Bertz CT molecular complexity index is 743. The molecular formula is C15H13BrN4O. The number of nitrogens with zero attached hydrogens (tertiary/aromatic N) is 3. The maximum absolute atomic E-state index is 5.22. The highest BCUT2D eigenvalue weighted by Crippen LogP contribution is 2.24. The molecular weight excluding hydrogens is 332 g/mol. The Hall–Kier alpha value is -2.21. The minimum atomic E-state index is 0.513. The third-order valence-electron chi connectivity index (χ3n) is 3.08. The molecule has 0 aliphatic rings. The zero-order valence-corrected chi connectivity index (χ0v) is 13.0. The summed E-state index contributed by atoms with van der Waals surface area (Å²) in [5.41, 5.74) is 4.02. The molecule has 0 radical (unpaired) electrons. The summed E-state index contributed by atoms with van der Waals surface area (Å²) in [4.78, 5) is 4.40. The van der Waals surface area contributed by atoms with Crippen molar-refractivity contribution >= 4 is 21.6 Å². The maximum Gasteiger partial charge on any atom is 0.247 e. The summed E-state index contributed by atoms with van der Waals surface area (Å²) in [7, 11) is 0. The Labute approximate surface area is 130 Å². The number of nitrogens with one attached hydrogen (secondary N) is 1. The van der Waals surface area contributed by atoms with E-state index < -0.39 is 0 Å². The van der Waals surface area contributed by atoms with Gasteiger partial charge in [-0.15, -0.1) is 10.2 Å². The van der Waals surface area contributed by atoms with Crippen LogP contribution in [0, 0.1) is 6.92 Å². The summed E-state index contributed by atoms with van der Waals surface area (Å²) in [6.07, 6.45) is 1.33. The van der Waals surface area contributed by atoms with E-state index >= 15 is 0 Å². The van der Waals surface area contributed by atoms with Crippen molar-refractivity contribution < 1.29 is 4.42 Å². The molecule has 2 heterocycles. The summed E-state index contributed by atoms with van der Waals surface area (Å²) < 4.78 is 6.06. The third kappa shape index (κ3) is 3.28. The molecule has 1 aromatic carbocycles. The lowest BCUT2D eigenvalue weighted by Gasteiger charge is -2.10. The standard InChI is InChI=1S/C15H13BrN4O/c1-10-5-6-11(15-20-18-9-21-15)7-13(10)17-8-12-3-2-4-14(16)19-12/h2-7,9,17H,8H2,1H3. The minimum absolute atomic E-state index is 0.513. The molecule has 6 heteroatoms. The van der Waals surface area contributed by atoms with E-state index in [0.717, 1.165) is 27.1 Å². The van der Waals surface area contributed by atoms with Crippen molar-refractivity contribution in [3.8, 4) is 11.5 Å². The largest absolute Gasteiger partial charge is 0.423 e. The molecule has 2 aromatic heterocycles. The summed E-state index contributed by atoms with van der Waals surface area (Å²) >= 11 is 3.37. The average Bonchev–Trinajstić information content (AvgIpc) is 3.01. The summed E-state index contributed by atoms with van der Waals surface area (Å²) in [5, 5.41) is 11.0. The number of aryl methyl sites for hydroxylation is 1. The Morgan fingerprint density at radius 3 is 2.90 bits per heavy atom. The van der Waals surface area contributed by atoms with Crippen LogP contribution in [0.4, 0.5) is 5.69 Å². The van der Waals surface area contributed by atoms with Gasteiger partial charge in [-0.25, -0.2) is 4.98 Å². The fourth-order valence-electron chi connectivity index (χ4n) is 1.98. The molecule has 0 saturated heterocycles. The first kappa shape index (κ1) is 13.8. The molecule has 3 rings (SSSR count). The van der Waals surface area contributed by atoms with Crippen LogP contribution >= 0.6 is 15.9 Å². The van der Waals surface area contributed by atoms with E-state index in [1.165, 1.54) is 6.39 Å². The zero-order chi connectivity index (χ0) is 14.7. The number of pyridine rings is 1. The van der Waals surface area contributed by atoms with Crippen molar-refractivity contribution in [2.24, 2.45) is 0 Å². The molecule has 21 heavy (non-hydrogen) atoms. The molecule has 3 aromatic rings. The number of hydrogen-bond donors (Lipinski definition) is 1. The van der Waals surface area contributed by atoms with Crippen LogP contribution in [0.3, 0.4) is 0 Å². The Morgan fingerprint density at radius 1 is 1.24 bits per heavy atom. The van der Waals surface area contributed by atoms with Crippen LogP contribution in [-0.2, 0) is 6.54 Å². The van der Waals surface area contributed by atoms with Crippen LogP contribution in [-0.4, -0.2) is 15.2 Å². The fraction of sp³-hybridized carbons (Fsp3) is 0.133. The second kappa shape index (κ2) is 6.05. The van der Waals surface area contributed by atoms with E-state index in [2.05, 4.69) is 36.4 Å². The quantitative estimate of drug-likeness (QED) is 0.729. The van der Waals surface area contributed by atoms with Gasteiger partial charge in [-0.2, -0.15) is 0 Å².